The van der Waals surface area contributed by atoms with Crippen molar-refractivity contribution in [2.24, 2.45) is 0 Å². The summed E-state index contributed by atoms with van der Waals surface area (Å²) in [5, 5.41) is 0. The van der Waals surface area contributed by atoms with Crippen molar-refractivity contribution < 1.29 is 18.7 Å². The van der Waals surface area contributed by atoms with Crippen molar-refractivity contribution in [3.8, 4) is 22.6 Å². The third-order valence-corrected chi connectivity index (χ3v) is 6.84. The number of halogens is 1. The summed E-state index contributed by atoms with van der Waals surface area (Å²) in [6, 6.07) is 14.9. The van der Waals surface area contributed by atoms with Crippen molar-refractivity contribution in [2.75, 3.05) is 50.9 Å². The number of rotatable bonds is 6. The lowest BCUT2D eigenvalue weighted by Crippen LogP contribution is -2.49. The fraction of sp³-hybridized carbons (Fsp3) is 0.407. The van der Waals surface area contributed by atoms with Gasteiger partial charge < -0.3 is 19.4 Å². The van der Waals surface area contributed by atoms with Gasteiger partial charge in [0.15, 0.2) is 5.69 Å². The Morgan fingerprint density at radius 1 is 1.03 bits per heavy atom. The fourth-order valence-corrected chi connectivity index (χ4v) is 4.94. The van der Waals surface area contributed by atoms with Gasteiger partial charge in [0.05, 0.1) is 25.5 Å². The van der Waals surface area contributed by atoms with Crippen LogP contribution >= 0.6 is 0 Å². The lowest BCUT2D eigenvalue weighted by molar-refractivity contribution is 0.0115. The van der Waals surface area contributed by atoms with E-state index in [-0.39, 0.29) is 18.1 Å². The van der Waals surface area contributed by atoms with Gasteiger partial charge in [-0.25, -0.2) is 14.2 Å². The molecule has 5 rings (SSSR count). The molecule has 0 saturated carbocycles. The van der Waals surface area contributed by atoms with Crippen LogP contribution in [0, 0.1) is 5.82 Å². The smallest absolute Gasteiger partial charge is 0.359 e. The summed E-state index contributed by atoms with van der Waals surface area (Å²) >= 11 is 0. The third-order valence-electron chi connectivity index (χ3n) is 6.84. The molecule has 2 aliphatic rings. The first-order valence-corrected chi connectivity index (χ1v) is 12.3. The van der Waals surface area contributed by atoms with E-state index in [1.807, 2.05) is 12.1 Å². The SMILES string of the molecule is CCOC(=O)c1nc(-c2ccc(N3CCC(N4CCOCC4)CC3)cc2)[nH]c1-c1ccc(F)cc1. The first kappa shape index (κ1) is 23.5. The molecule has 3 aromatic rings. The van der Waals surface area contributed by atoms with Crippen molar-refractivity contribution in [2.45, 2.75) is 25.8 Å². The number of morpholine rings is 1. The second-order valence-corrected chi connectivity index (χ2v) is 8.95. The molecule has 7 nitrogen and oxygen atoms in total. The predicted molar refractivity (Wildman–Crippen MR) is 133 cm³/mol. The molecule has 0 unspecified atom stereocenters. The Morgan fingerprint density at radius 3 is 2.34 bits per heavy atom. The van der Waals surface area contributed by atoms with Gasteiger partial charge in [0.1, 0.15) is 11.6 Å². The Bertz CT molecular complexity index is 1130. The van der Waals surface area contributed by atoms with Crippen molar-refractivity contribution >= 4 is 11.7 Å². The molecule has 184 valence electrons. The molecular weight excluding hydrogens is 447 g/mol. The molecular formula is C27H31FN4O3. The van der Waals surface area contributed by atoms with Crippen molar-refractivity contribution in [1.82, 2.24) is 14.9 Å². The van der Waals surface area contributed by atoms with Crippen molar-refractivity contribution in [3.63, 3.8) is 0 Å². The topological polar surface area (TPSA) is 70.7 Å². The minimum Gasteiger partial charge on any atom is -0.461 e. The zero-order valence-electron chi connectivity index (χ0n) is 20.0. The van der Waals surface area contributed by atoms with Gasteiger partial charge in [-0.15, -0.1) is 0 Å². The minimum absolute atomic E-state index is 0.197. The molecule has 0 bridgehead atoms. The van der Waals surface area contributed by atoms with Gasteiger partial charge >= 0.3 is 5.97 Å². The number of benzene rings is 2. The van der Waals surface area contributed by atoms with Crippen LogP contribution in [-0.4, -0.2) is 72.9 Å². The molecule has 2 aliphatic heterocycles. The average molecular weight is 479 g/mol. The summed E-state index contributed by atoms with van der Waals surface area (Å²) in [5.74, 6) is -0.269. The van der Waals surface area contributed by atoms with Gasteiger partial charge in [0.2, 0.25) is 0 Å². The monoisotopic (exact) mass is 478 g/mol. The van der Waals surface area contributed by atoms with Gasteiger partial charge in [0.25, 0.3) is 0 Å². The van der Waals surface area contributed by atoms with Crippen LogP contribution in [0.1, 0.15) is 30.3 Å². The molecule has 0 aliphatic carbocycles. The second kappa shape index (κ2) is 10.6. The maximum absolute atomic E-state index is 13.4. The second-order valence-electron chi connectivity index (χ2n) is 8.95. The number of piperidine rings is 1. The highest BCUT2D eigenvalue weighted by Gasteiger charge is 2.26. The molecule has 1 N–H and O–H groups in total. The van der Waals surface area contributed by atoms with Crippen LogP contribution in [0.5, 0.6) is 0 Å². The van der Waals surface area contributed by atoms with E-state index in [4.69, 9.17) is 9.47 Å². The van der Waals surface area contributed by atoms with Crippen LogP contribution in [0.15, 0.2) is 48.5 Å². The highest BCUT2D eigenvalue weighted by Crippen LogP contribution is 2.29. The highest BCUT2D eigenvalue weighted by atomic mass is 19.1. The van der Waals surface area contributed by atoms with Gasteiger partial charge in [-0.2, -0.15) is 0 Å². The summed E-state index contributed by atoms with van der Waals surface area (Å²) in [6.45, 7) is 7.83. The van der Waals surface area contributed by atoms with Crippen LogP contribution in [0.3, 0.4) is 0 Å². The van der Waals surface area contributed by atoms with Crippen LogP contribution in [0.2, 0.25) is 0 Å². The number of hydrogen-bond acceptors (Lipinski definition) is 6. The number of carbonyl (C=O) groups is 1. The van der Waals surface area contributed by atoms with Crippen molar-refractivity contribution in [1.29, 1.82) is 0 Å². The molecule has 0 radical (unpaired) electrons. The number of aromatic amines is 1. The summed E-state index contributed by atoms with van der Waals surface area (Å²) < 4.78 is 24.1. The van der Waals surface area contributed by atoms with Crippen molar-refractivity contribution in [3.05, 3.63) is 60.0 Å². The molecule has 0 spiro atoms. The van der Waals surface area contributed by atoms with E-state index in [0.717, 1.165) is 57.8 Å². The number of anilines is 1. The molecule has 8 heteroatoms. The normalized spacial score (nSPS) is 17.5. The number of hydrogen-bond donors (Lipinski definition) is 1. The van der Waals surface area contributed by atoms with E-state index in [0.29, 0.717) is 23.1 Å². The average Bonchev–Trinajstić information content (AvgIpc) is 3.36. The Morgan fingerprint density at radius 2 is 1.69 bits per heavy atom. The Hall–Kier alpha value is -3.23. The lowest BCUT2D eigenvalue weighted by atomic mass is 10.0. The summed E-state index contributed by atoms with van der Waals surface area (Å²) in [5.41, 5.74) is 3.45. The molecule has 35 heavy (non-hydrogen) atoms. The van der Waals surface area contributed by atoms with E-state index < -0.39 is 5.97 Å². The molecule has 2 saturated heterocycles. The fourth-order valence-electron chi connectivity index (χ4n) is 4.94. The zero-order chi connectivity index (χ0) is 24.2. The van der Waals surface area contributed by atoms with Gasteiger partial charge in [-0.05, 0) is 68.3 Å². The number of nitrogens with one attached hydrogen (secondary N) is 1. The zero-order valence-corrected chi connectivity index (χ0v) is 20.0. The number of carbonyl (C=O) groups excluding carboxylic acids is 1. The lowest BCUT2D eigenvalue weighted by Gasteiger charge is -2.40. The summed E-state index contributed by atoms with van der Waals surface area (Å²) in [4.78, 5) is 25.4. The standard InChI is InChI=1S/C27H31FN4O3/c1-2-35-27(33)25-24(19-3-7-21(28)8-4-19)29-26(30-25)20-5-9-22(10-6-20)31-13-11-23(12-14-31)32-15-17-34-18-16-32/h3-10,23H,2,11-18H2,1H3,(H,29,30). The molecule has 0 amide bonds. The molecule has 1 aromatic heterocycles. The maximum Gasteiger partial charge on any atom is 0.359 e. The Kier molecular flexibility index (Phi) is 7.11. The Balaban J connectivity index is 1.32. The maximum atomic E-state index is 13.4. The number of aromatic nitrogens is 2. The van der Waals surface area contributed by atoms with Crippen LogP contribution in [0.25, 0.3) is 22.6 Å². The molecule has 0 atom stereocenters. The highest BCUT2D eigenvalue weighted by molar-refractivity contribution is 5.95. The molecule has 2 aromatic carbocycles. The van der Waals surface area contributed by atoms with Gasteiger partial charge in [-0.3, -0.25) is 4.90 Å². The van der Waals surface area contributed by atoms with Gasteiger partial charge in [-0.1, -0.05) is 0 Å². The number of nitrogens with zero attached hydrogens (tertiary/aromatic N) is 3. The Labute approximate surface area is 204 Å². The summed E-state index contributed by atoms with van der Waals surface area (Å²) in [6.07, 6.45) is 2.31. The first-order valence-electron chi connectivity index (χ1n) is 12.3. The van der Waals surface area contributed by atoms with E-state index >= 15 is 0 Å². The van der Waals surface area contributed by atoms with Crippen LogP contribution in [-0.2, 0) is 9.47 Å². The molecule has 2 fully saturated rings. The van der Waals surface area contributed by atoms with E-state index in [9.17, 15) is 9.18 Å². The van der Waals surface area contributed by atoms with E-state index in [1.165, 1.54) is 17.8 Å². The third kappa shape index (κ3) is 5.23. The summed E-state index contributed by atoms with van der Waals surface area (Å²) in [7, 11) is 0. The number of H-pyrrole nitrogens is 1. The minimum atomic E-state index is -0.505. The number of imidazole rings is 1. The van der Waals surface area contributed by atoms with Crippen LogP contribution < -0.4 is 4.90 Å². The quantitative estimate of drug-likeness (QED) is 0.531. The van der Waals surface area contributed by atoms with Gasteiger partial charge in [0, 0.05) is 49.0 Å². The first-order chi connectivity index (χ1) is 17.1. The van der Waals surface area contributed by atoms with E-state index in [2.05, 4.69) is 31.9 Å². The number of esters is 1. The van der Waals surface area contributed by atoms with Crippen LogP contribution in [0.4, 0.5) is 10.1 Å². The van der Waals surface area contributed by atoms with E-state index in [1.54, 1.807) is 19.1 Å². The molecule has 3 heterocycles. The number of ether oxygens (including phenoxy) is 2. The largest absolute Gasteiger partial charge is 0.461 e. The predicted octanol–water partition coefficient (Wildman–Crippen LogP) is 4.36.